The van der Waals surface area contributed by atoms with E-state index >= 15 is 0 Å². The van der Waals surface area contributed by atoms with Gasteiger partial charge < -0.3 is 20.9 Å². The van der Waals surface area contributed by atoms with Crippen LogP contribution in [0, 0.1) is 0 Å². The number of aromatic amines is 1. The number of H-pyrrole nitrogens is 1. The Labute approximate surface area is 181 Å². The molecule has 4 N–H and O–H groups in total. The van der Waals surface area contributed by atoms with Crippen LogP contribution in [-0.4, -0.2) is 44.8 Å². The topological polar surface area (TPSA) is 122 Å². The molecular weight excluding hydrogens is 462 g/mol. The molecule has 1 saturated heterocycles. The predicted octanol–water partition coefficient (Wildman–Crippen LogP) is 2.02. The van der Waals surface area contributed by atoms with E-state index in [-0.39, 0.29) is 29.7 Å². The number of nitrogens with two attached hydrogens (primary N) is 1. The van der Waals surface area contributed by atoms with Gasteiger partial charge in [-0.2, -0.15) is 5.10 Å². The van der Waals surface area contributed by atoms with E-state index in [0.29, 0.717) is 11.3 Å². The van der Waals surface area contributed by atoms with Crippen LogP contribution in [0.15, 0.2) is 33.8 Å². The van der Waals surface area contributed by atoms with E-state index in [1.165, 1.54) is 19.2 Å². The summed E-state index contributed by atoms with van der Waals surface area (Å²) in [6.45, 7) is 1.62. The van der Waals surface area contributed by atoms with Crippen LogP contribution < -0.4 is 21.5 Å². The Hall–Kier alpha value is -2.43. The highest BCUT2D eigenvalue weighted by Gasteiger charge is 2.24. The maximum absolute atomic E-state index is 12.7. The van der Waals surface area contributed by atoms with Crippen molar-refractivity contribution in [2.75, 3.05) is 23.3 Å². The Morgan fingerprint density at radius 3 is 2.93 bits per heavy atom. The van der Waals surface area contributed by atoms with Gasteiger partial charge in [-0.15, -0.1) is 12.4 Å². The summed E-state index contributed by atoms with van der Waals surface area (Å²) in [5, 5.41) is 7.69. The van der Waals surface area contributed by atoms with Crippen LogP contribution in [0.1, 0.15) is 23.3 Å². The molecule has 0 aliphatic carbocycles. The first kappa shape index (κ1) is 21.3. The third kappa shape index (κ3) is 4.14. The highest BCUT2D eigenvalue weighted by molar-refractivity contribution is 9.10. The summed E-state index contributed by atoms with van der Waals surface area (Å²) in [4.78, 5) is 33.9. The fourth-order valence-corrected chi connectivity index (χ4v) is 4.04. The molecule has 1 aliphatic heterocycles. The second-order valence-corrected chi connectivity index (χ2v) is 7.72. The lowest BCUT2D eigenvalue weighted by Gasteiger charge is -2.33. The fourth-order valence-electron chi connectivity index (χ4n) is 3.49. The number of piperidine rings is 1. The van der Waals surface area contributed by atoms with Crippen molar-refractivity contribution in [1.29, 1.82) is 0 Å². The second kappa shape index (κ2) is 8.52. The molecule has 1 aliphatic rings. The van der Waals surface area contributed by atoms with Gasteiger partial charge >= 0.3 is 0 Å². The number of anilines is 2. The number of aryl methyl sites for hydroxylation is 1. The number of hydrogen-bond donors (Lipinski definition) is 3. The van der Waals surface area contributed by atoms with Crippen molar-refractivity contribution in [3.8, 4) is 0 Å². The molecule has 4 heterocycles. The van der Waals surface area contributed by atoms with Gasteiger partial charge in [0.05, 0.1) is 21.2 Å². The first-order valence-electron chi connectivity index (χ1n) is 8.96. The highest BCUT2D eigenvalue weighted by atomic mass is 79.9. The Morgan fingerprint density at radius 1 is 1.41 bits per heavy atom. The highest BCUT2D eigenvalue weighted by Crippen LogP contribution is 2.38. The zero-order valence-electron chi connectivity index (χ0n) is 15.7. The van der Waals surface area contributed by atoms with Gasteiger partial charge in [0.25, 0.3) is 11.5 Å². The summed E-state index contributed by atoms with van der Waals surface area (Å²) in [6, 6.07) is 2.83. The smallest absolute Gasteiger partial charge is 0.276 e. The minimum absolute atomic E-state index is 0. The Balaban J connectivity index is 0.00000240. The molecule has 11 heteroatoms. The van der Waals surface area contributed by atoms with E-state index in [2.05, 4.69) is 41.2 Å². The standard InChI is InChI=1S/C18H20BrN7O2.ClH/c1-25-14(27)5-4-12(24-25)18(28)23-13-8-22-17-15(13)16(11(19)7-21-17)26-6-2-3-10(20)9-26;/h4-5,7-8,10H,2-3,6,9,20H2,1H3,(H,21,22)(H,23,28);1H/t10-;/m1./s1. The van der Waals surface area contributed by atoms with Crippen molar-refractivity contribution in [3.63, 3.8) is 0 Å². The minimum atomic E-state index is -0.405. The Kier molecular flexibility index (Phi) is 6.25. The maximum atomic E-state index is 12.7. The molecular formula is C18H21BrClN7O2. The third-order valence-electron chi connectivity index (χ3n) is 4.84. The number of halogens is 2. The van der Waals surface area contributed by atoms with Crippen molar-refractivity contribution < 1.29 is 4.79 Å². The monoisotopic (exact) mass is 481 g/mol. The summed E-state index contributed by atoms with van der Waals surface area (Å²) < 4.78 is 1.97. The third-order valence-corrected chi connectivity index (χ3v) is 5.43. The van der Waals surface area contributed by atoms with E-state index in [1.807, 2.05) is 0 Å². The first-order valence-corrected chi connectivity index (χ1v) is 9.75. The number of carbonyl (C=O) groups is 1. The lowest BCUT2D eigenvalue weighted by atomic mass is 10.1. The molecule has 0 spiro atoms. The molecule has 29 heavy (non-hydrogen) atoms. The molecule has 1 atom stereocenters. The van der Waals surface area contributed by atoms with Crippen molar-refractivity contribution in [1.82, 2.24) is 19.7 Å². The number of aromatic nitrogens is 4. The van der Waals surface area contributed by atoms with Crippen LogP contribution in [0.4, 0.5) is 11.4 Å². The van der Waals surface area contributed by atoms with Gasteiger partial charge in [-0.05, 0) is 34.8 Å². The van der Waals surface area contributed by atoms with E-state index < -0.39 is 5.91 Å². The van der Waals surface area contributed by atoms with Gasteiger partial charge in [0.15, 0.2) is 0 Å². The molecule has 1 amide bonds. The lowest BCUT2D eigenvalue weighted by molar-refractivity contribution is 0.102. The molecule has 4 rings (SSSR count). The number of hydrogen-bond acceptors (Lipinski definition) is 6. The maximum Gasteiger partial charge on any atom is 0.276 e. The van der Waals surface area contributed by atoms with Crippen LogP contribution >= 0.6 is 28.3 Å². The van der Waals surface area contributed by atoms with Crippen LogP contribution in [0.5, 0.6) is 0 Å². The normalized spacial score (nSPS) is 16.5. The predicted molar refractivity (Wildman–Crippen MR) is 118 cm³/mol. The molecule has 3 aromatic rings. The number of amides is 1. The molecule has 3 aromatic heterocycles. The molecule has 0 radical (unpaired) electrons. The van der Waals surface area contributed by atoms with E-state index in [4.69, 9.17) is 5.73 Å². The zero-order chi connectivity index (χ0) is 19.8. The van der Waals surface area contributed by atoms with Gasteiger partial charge in [0.2, 0.25) is 0 Å². The largest absolute Gasteiger partial charge is 0.368 e. The second-order valence-electron chi connectivity index (χ2n) is 6.86. The fraction of sp³-hybridized carbons (Fsp3) is 0.333. The van der Waals surface area contributed by atoms with Gasteiger partial charge in [-0.3, -0.25) is 9.59 Å². The van der Waals surface area contributed by atoms with Gasteiger partial charge in [0.1, 0.15) is 11.3 Å². The Morgan fingerprint density at radius 2 is 2.21 bits per heavy atom. The van der Waals surface area contributed by atoms with Gasteiger partial charge in [-0.1, -0.05) is 0 Å². The quantitative estimate of drug-likeness (QED) is 0.525. The zero-order valence-corrected chi connectivity index (χ0v) is 18.1. The number of carbonyl (C=O) groups excluding carboxylic acids is 1. The van der Waals surface area contributed by atoms with Crippen LogP contribution in [0.2, 0.25) is 0 Å². The van der Waals surface area contributed by atoms with Crippen molar-refractivity contribution >= 4 is 56.7 Å². The summed E-state index contributed by atoms with van der Waals surface area (Å²) in [7, 11) is 1.50. The molecule has 154 valence electrons. The summed E-state index contributed by atoms with van der Waals surface area (Å²) >= 11 is 3.60. The van der Waals surface area contributed by atoms with Crippen LogP contribution in [0.3, 0.4) is 0 Å². The van der Waals surface area contributed by atoms with Gasteiger partial charge in [0, 0.05) is 44.6 Å². The SMILES string of the molecule is Cl.Cn1nc(C(=O)Nc2c[nH]c3ncc(Br)c(N4CCC[C@@H](N)C4)c23)ccc1=O. The first-order chi connectivity index (χ1) is 13.4. The summed E-state index contributed by atoms with van der Waals surface area (Å²) in [5.41, 5.74) is 8.26. The molecule has 1 fully saturated rings. The summed E-state index contributed by atoms with van der Waals surface area (Å²) in [6.07, 6.45) is 5.45. The van der Waals surface area contributed by atoms with Crippen molar-refractivity contribution in [2.24, 2.45) is 12.8 Å². The number of nitrogens with one attached hydrogen (secondary N) is 2. The Bertz CT molecular complexity index is 1110. The number of rotatable bonds is 3. The average Bonchev–Trinajstić information content (AvgIpc) is 3.06. The van der Waals surface area contributed by atoms with E-state index in [0.717, 1.165) is 46.2 Å². The number of pyridine rings is 1. The molecule has 0 saturated carbocycles. The van der Waals surface area contributed by atoms with Gasteiger partial charge in [-0.25, -0.2) is 9.67 Å². The molecule has 9 nitrogen and oxygen atoms in total. The van der Waals surface area contributed by atoms with E-state index in [1.54, 1.807) is 12.4 Å². The molecule has 0 bridgehead atoms. The number of fused-ring (bicyclic) bond motifs is 1. The van der Waals surface area contributed by atoms with E-state index in [9.17, 15) is 9.59 Å². The molecule has 0 unspecified atom stereocenters. The van der Waals surface area contributed by atoms with Crippen molar-refractivity contribution in [3.05, 3.63) is 45.0 Å². The minimum Gasteiger partial charge on any atom is -0.368 e. The van der Waals surface area contributed by atoms with Crippen LogP contribution in [0.25, 0.3) is 11.0 Å². The van der Waals surface area contributed by atoms with Crippen molar-refractivity contribution in [2.45, 2.75) is 18.9 Å². The molecule has 0 aromatic carbocycles. The number of nitrogens with zero attached hydrogens (tertiary/aromatic N) is 4. The summed E-state index contributed by atoms with van der Waals surface area (Å²) in [5.74, 6) is -0.405. The van der Waals surface area contributed by atoms with Crippen LogP contribution in [-0.2, 0) is 7.05 Å². The average molecular weight is 483 g/mol. The lowest BCUT2D eigenvalue weighted by Crippen LogP contribution is -2.43.